The lowest BCUT2D eigenvalue weighted by Crippen LogP contribution is -2.25. The van der Waals surface area contributed by atoms with Crippen LogP contribution in [0, 0.1) is 3.57 Å². The van der Waals surface area contributed by atoms with E-state index in [9.17, 15) is 4.79 Å². The monoisotopic (exact) mass is 359 g/mol. The molecule has 15 heavy (non-hydrogen) atoms. The van der Waals surface area contributed by atoms with Crippen LogP contribution < -0.4 is 11.1 Å². The van der Waals surface area contributed by atoms with Crippen LogP contribution in [0.1, 0.15) is 0 Å². The first-order valence-corrected chi connectivity index (χ1v) is 6.01. The van der Waals surface area contributed by atoms with Crippen molar-refractivity contribution in [1.29, 1.82) is 0 Å². The predicted octanol–water partition coefficient (Wildman–Crippen LogP) is 2.05. The van der Waals surface area contributed by atoms with E-state index in [-0.39, 0.29) is 5.88 Å². The summed E-state index contributed by atoms with van der Waals surface area (Å²) >= 11 is 13.1. The van der Waals surface area contributed by atoms with Gasteiger partial charge in [0.25, 0.3) is 0 Å². The van der Waals surface area contributed by atoms with Gasteiger partial charge in [-0.2, -0.15) is 0 Å². The van der Waals surface area contributed by atoms with Crippen LogP contribution in [-0.2, 0) is 4.79 Å². The highest BCUT2D eigenvalue weighted by Gasteiger charge is 2.15. The van der Waals surface area contributed by atoms with Gasteiger partial charge in [-0.1, -0.05) is 0 Å². The molecule has 82 valence electrons. The van der Waals surface area contributed by atoms with Crippen molar-refractivity contribution in [3.8, 4) is 0 Å². The van der Waals surface area contributed by atoms with E-state index >= 15 is 0 Å². The minimum Gasteiger partial charge on any atom is -0.396 e. The second kappa shape index (κ2) is 5.72. The molecule has 0 aliphatic heterocycles. The topological polar surface area (TPSA) is 68.0 Å². The summed E-state index contributed by atoms with van der Waals surface area (Å²) in [6, 6.07) is 1.70. The van der Waals surface area contributed by atoms with Crippen LogP contribution in [0.25, 0.3) is 0 Å². The van der Waals surface area contributed by atoms with Gasteiger partial charge in [0.05, 0.1) is 5.69 Å². The molecule has 0 spiro atoms. The number of nitrogens with one attached hydrogen (secondary N) is 1. The first kappa shape index (κ1) is 12.8. The van der Waals surface area contributed by atoms with E-state index in [1.54, 1.807) is 12.3 Å². The molecule has 0 saturated carbocycles. The van der Waals surface area contributed by atoms with Crippen molar-refractivity contribution in [3.63, 3.8) is 0 Å². The van der Waals surface area contributed by atoms with Crippen molar-refractivity contribution in [1.82, 2.24) is 4.98 Å². The summed E-state index contributed by atoms with van der Waals surface area (Å²) in [5.41, 5.74) is 6.05. The average Bonchev–Trinajstić information content (AvgIpc) is 2.20. The maximum absolute atomic E-state index is 11.4. The molecule has 0 saturated heterocycles. The SMILES string of the molecule is Nc1cc(I)cnc1NC(=O)C(Cl)CCl. The first-order valence-electron chi connectivity index (χ1n) is 3.96. The molecule has 4 nitrogen and oxygen atoms in total. The number of alkyl halides is 2. The summed E-state index contributed by atoms with van der Waals surface area (Å²) in [6.45, 7) is 0. The first-order chi connectivity index (χ1) is 7.04. The molecule has 1 aromatic heterocycles. The van der Waals surface area contributed by atoms with Crippen molar-refractivity contribution < 1.29 is 4.79 Å². The Bertz CT molecular complexity index is 375. The van der Waals surface area contributed by atoms with E-state index in [4.69, 9.17) is 28.9 Å². The number of amides is 1. The summed E-state index contributed by atoms with van der Waals surface area (Å²) in [5, 5.41) is 1.71. The van der Waals surface area contributed by atoms with Crippen LogP contribution in [0.3, 0.4) is 0 Å². The number of carbonyl (C=O) groups excluding carboxylic acids is 1. The quantitative estimate of drug-likeness (QED) is 0.641. The zero-order valence-electron chi connectivity index (χ0n) is 7.51. The zero-order valence-corrected chi connectivity index (χ0v) is 11.2. The molecular formula is C8H8Cl2IN3O. The Balaban J connectivity index is 2.77. The minimum absolute atomic E-state index is 0.0393. The Labute approximate surface area is 111 Å². The van der Waals surface area contributed by atoms with Crippen molar-refractivity contribution in [2.24, 2.45) is 0 Å². The van der Waals surface area contributed by atoms with Crippen LogP contribution in [-0.4, -0.2) is 22.1 Å². The highest BCUT2D eigenvalue weighted by atomic mass is 127. The lowest BCUT2D eigenvalue weighted by molar-refractivity contribution is -0.115. The number of carbonyl (C=O) groups is 1. The van der Waals surface area contributed by atoms with Crippen LogP contribution >= 0.6 is 45.8 Å². The molecule has 0 bridgehead atoms. The molecule has 1 unspecified atom stereocenters. The Morgan fingerprint density at radius 2 is 2.40 bits per heavy atom. The van der Waals surface area contributed by atoms with Gasteiger partial charge >= 0.3 is 0 Å². The molecule has 0 aromatic carbocycles. The molecule has 0 aliphatic carbocycles. The van der Waals surface area contributed by atoms with Crippen LogP contribution in [0.15, 0.2) is 12.3 Å². The molecule has 0 radical (unpaired) electrons. The normalized spacial score (nSPS) is 12.2. The van der Waals surface area contributed by atoms with Gasteiger partial charge in [0.15, 0.2) is 5.82 Å². The summed E-state index contributed by atoms with van der Waals surface area (Å²) in [7, 11) is 0. The smallest absolute Gasteiger partial charge is 0.244 e. The molecule has 1 aromatic rings. The van der Waals surface area contributed by atoms with Gasteiger partial charge in [0.1, 0.15) is 5.38 Å². The number of nitrogen functional groups attached to an aromatic ring is 1. The fourth-order valence-electron chi connectivity index (χ4n) is 0.824. The number of halogens is 3. The number of anilines is 2. The number of hydrogen-bond acceptors (Lipinski definition) is 3. The summed E-state index contributed by atoms with van der Waals surface area (Å²) < 4.78 is 0.892. The Morgan fingerprint density at radius 1 is 1.73 bits per heavy atom. The zero-order chi connectivity index (χ0) is 11.4. The molecular weight excluding hydrogens is 352 g/mol. The van der Waals surface area contributed by atoms with E-state index in [0.29, 0.717) is 11.5 Å². The van der Waals surface area contributed by atoms with Gasteiger partial charge < -0.3 is 11.1 Å². The Morgan fingerprint density at radius 3 is 2.93 bits per heavy atom. The van der Waals surface area contributed by atoms with E-state index in [1.807, 2.05) is 0 Å². The molecule has 0 fully saturated rings. The second-order valence-electron chi connectivity index (χ2n) is 2.70. The molecule has 3 N–H and O–H groups in total. The van der Waals surface area contributed by atoms with Crippen molar-refractivity contribution >= 4 is 63.2 Å². The lowest BCUT2D eigenvalue weighted by atomic mass is 10.3. The highest BCUT2D eigenvalue weighted by Crippen LogP contribution is 2.18. The Hall–Kier alpha value is -0.270. The molecule has 1 rings (SSSR count). The molecule has 1 atom stereocenters. The third kappa shape index (κ3) is 3.66. The van der Waals surface area contributed by atoms with Gasteiger partial charge in [0, 0.05) is 15.6 Å². The lowest BCUT2D eigenvalue weighted by Gasteiger charge is -2.09. The maximum Gasteiger partial charge on any atom is 0.244 e. The van der Waals surface area contributed by atoms with E-state index < -0.39 is 11.3 Å². The summed E-state index contributed by atoms with van der Waals surface area (Å²) in [6.07, 6.45) is 1.59. The van der Waals surface area contributed by atoms with Gasteiger partial charge in [-0.15, -0.1) is 23.2 Å². The largest absolute Gasteiger partial charge is 0.396 e. The third-order valence-corrected chi connectivity index (χ3v) is 2.95. The Kier molecular flexibility index (Phi) is 4.88. The van der Waals surface area contributed by atoms with Crippen LogP contribution in [0.5, 0.6) is 0 Å². The van der Waals surface area contributed by atoms with E-state index in [2.05, 4.69) is 32.9 Å². The molecule has 1 amide bonds. The van der Waals surface area contributed by atoms with Crippen LogP contribution in [0.4, 0.5) is 11.5 Å². The molecule has 7 heteroatoms. The number of pyridine rings is 1. The van der Waals surface area contributed by atoms with Crippen LogP contribution in [0.2, 0.25) is 0 Å². The van der Waals surface area contributed by atoms with E-state index in [0.717, 1.165) is 3.57 Å². The van der Waals surface area contributed by atoms with Crippen molar-refractivity contribution in [3.05, 3.63) is 15.8 Å². The van der Waals surface area contributed by atoms with E-state index in [1.165, 1.54) is 0 Å². The summed E-state index contributed by atoms with van der Waals surface area (Å²) in [5.74, 6) is -0.0687. The van der Waals surface area contributed by atoms with Gasteiger partial charge in [-0.25, -0.2) is 4.98 Å². The second-order valence-corrected chi connectivity index (χ2v) is 4.78. The fraction of sp³-hybridized carbons (Fsp3) is 0.250. The molecule has 0 aliphatic rings. The van der Waals surface area contributed by atoms with Gasteiger partial charge in [-0.05, 0) is 28.7 Å². The highest BCUT2D eigenvalue weighted by molar-refractivity contribution is 14.1. The van der Waals surface area contributed by atoms with Crippen molar-refractivity contribution in [2.45, 2.75) is 5.38 Å². The standard InChI is InChI=1S/C8H8Cl2IN3O/c9-2-5(10)8(15)14-7-6(12)1-4(11)3-13-7/h1,3,5H,2,12H2,(H,13,14,15). The number of aromatic nitrogens is 1. The fourth-order valence-corrected chi connectivity index (χ4v) is 1.49. The minimum atomic E-state index is -0.785. The summed E-state index contributed by atoms with van der Waals surface area (Å²) in [4.78, 5) is 15.3. The third-order valence-electron chi connectivity index (χ3n) is 1.55. The number of rotatable bonds is 3. The number of nitrogens with zero attached hydrogens (tertiary/aromatic N) is 1. The molecule has 1 heterocycles. The maximum atomic E-state index is 11.4. The number of nitrogens with two attached hydrogens (primary N) is 1. The number of hydrogen-bond donors (Lipinski definition) is 2. The van der Waals surface area contributed by atoms with Crippen molar-refractivity contribution in [2.75, 3.05) is 16.9 Å². The average molecular weight is 360 g/mol. The predicted molar refractivity (Wildman–Crippen MR) is 70.4 cm³/mol. The van der Waals surface area contributed by atoms with Gasteiger partial charge in [-0.3, -0.25) is 4.79 Å². The van der Waals surface area contributed by atoms with Gasteiger partial charge in [0.2, 0.25) is 5.91 Å².